The normalized spacial score (nSPS) is 10.3. The first-order valence-electron chi connectivity index (χ1n) is 5.69. The van der Waals surface area contributed by atoms with Crippen molar-refractivity contribution >= 4 is 17.4 Å². The Balaban J connectivity index is 2.26. The fraction of sp³-hybridized carbons (Fsp3) is 0.231. The van der Waals surface area contributed by atoms with Crippen LogP contribution in [-0.2, 0) is 11.3 Å². The van der Waals surface area contributed by atoms with Gasteiger partial charge in [-0.25, -0.2) is 4.98 Å². The molecular weight excluding hydrogens is 266 g/mol. The minimum Gasteiger partial charge on any atom is -0.439 e. The van der Waals surface area contributed by atoms with Gasteiger partial charge in [-0.05, 0) is 18.2 Å². The summed E-state index contributed by atoms with van der Waals surface area (Å²) in [5.41, 5.74) is 0. The van der Waals surface area contributed by atoms with Gasteiger partial charge >= 0.3 is 0 Å². The summed E-state index contributed by atoms with van der Waals surface area (Å²) in [5, 5.41) is 3.56. The first-order valence-corrected chi connectivity index (χ1v) is 6.07. The molecule has 0 aliphatic heterocycles. The first-order chi connectivity index (χ1) is 9.21. The van der Waals surface area contributed by atoms with Crippen molar-refractivity contribution in [1.29, 1.82) is 0 Å². The highest BCUT2D eigenvalue weighted by atomic mass is 35.5. The van der Waals surface area contributed by atoms with Gasteiger partial charge in [0.2, 0.25) is 5.88 Å². The lowest BCUT2D eigenvalue weighted by Gasteiger charge is -2.08. The first kappa shape index (κ1) is 13.6. The minimum atomic E-state index is 0.321. The molecule has 0 unspecified atom stereocenters. The lowest BCUT2D eigenvalue weighted by molar-refractivity contribution is 0.177. The minimum absolute atomic E-state index is 0.321. The summed E-state index contributed by atoms with van der Waals surface area (Å²) >= 11 is 5.91. The van der Waals surface area contributed by atoms with E-state index in [1.54, 1.807) is 32.4 Å². The van der Waals surface area contributed by atoms with Crippen molar-refractivity contribution in [3.63, 3.8) is 0 Å². The fourth-order valence-corrected chi connectivity index (χ4v) is 1.68. The van der Waals surface area contributed by atoms with Crippen LogP contribution < -0.4 is 10.1 Å². The Kier molecular flexibility index (Phi) is 4.54. The molecule has 2 rings (SSSR count). The van der Waals surface area contributed by atoms with Crippen LogP contribution >= 0.6 is 11.6 Å². The number of ether oxygens (including phenoxy) is 2. The Morgan fingerprint density at radius 2 is 2.11 bits per heavy atom. The zero-order chi connectivity index (χ0) is 13.7. The number of nitrogens with zero attached hydrogens (tertiary/aromatic N) is 2. The molecule has 0 aliphatic rings. The number of aromatic nitrogens is 2. The van der Waals surface area contributed by atoms with Gasteiger partial charge in [-0.1, -0.05) is 17.7 Å². The number of halogens is 1. The Labute approximate surface area is 116 Å². The van der Waals surface area contributed by atoms with Crippen LogP contribution in [0.4, 0.5) is 5.82 Å². The molecule has 0 aliphatic carbocycles. The van der Waals surface area contributed by atoms with Crippen molar-refractivity contribution in [2.75, 3.05) is 19.5 Å². The van der Waals surface area contributed by atoms with Crippen molar-refractivity contribution in [1.82, 2.24) is 9.97 Å². The van der Waals surface area contributed by atoms with Crippen molar-refractivity contribution in [2.24, 2.45) is 0 Å². The smallest absolute Gasteiger partial charge is 0.224 e. The van der Waals surface area contributed by atoms with Crippen molar-refractivity contribution in [3.05, 3.63) is 41.2 Å². The lowest BCUT2D eigenvalue weighted by atomic mass is 10.3. The molecule has 0 fully saturated rings. The molecule has 0 atom stereocenters. The summed E-state index contributed by atoms with van der Waals surface area (Å²) in [6.07, 6.45) is 0. The summed E-state index contributed by atoms with van der Waals surface area (Å²) in [6, 6.07) is 8.83. The molecule has 0 saturated heterocycles. The van der Waals surface area contributed by atoms with Crippen LogP contribution in [0.1, 0.15) is 5.82 Å². The molecule has 0 spiro atoms. The zero-order valence-electron chi connectivity index (χ0n) is 10.7. The van der Waals surface area contributed by atoms with Gasteiger partial charge in [0.15, 0.2) is 5.82 Å². The fourth-order valence-electron chi connectivity index (χ4n) is 1.50. The average Bonchev–Trinajstić information content (AvgIpc) is 2.39. The molecule has 100 valence electrons. The third kappa shape index (κ3) is 3.81. The van der Waals surface area contributed by atoms with Gasteiger partial charge in [0.25, 0.3) is 0 Å². The molecule has 1 aromatic carbocycles. The Morgan fingerprint density at radius 1 is 1.26 bits per heavy atom. The molecule has 0 saturated carbocycles. The van der Waals surface area contributed by atoms with Crippen LogP contribution in [0.2, 0.25) is 5.02 Å². The van der Waals surface area contributed by atoms with Crippen LogP contribution in [0.3, 0.4) is 0 Å². The van der Waals surface area contributed by atoms with Crippen LogP contribution in [0.5, 0.6) is 11.6 Å². The van der Waals surface area contributed by atoms with Gasteiger partial charge in [0.05, 0.1) is 0 Å². The molecule has 19 heavy (non-hydrogen) atoms. The number of hydrogen-bond acceptors (Lipinski definition) is 5. The highest BCUT2D eigenvalue weighted by molar-refractivity contribution is 6.30. The van der Waals surface area contributed by atoms with Gasteiger partial charge in [-0.3, -0.25) is 0 Å². The van der Waals surface area contributed by atoms with Crippen LogP contribution in [0, 0.1) is 0 Å². The topological polar surface area (TPSA) is 56.3 Å². The maximum absolute atomic E-state index is 5.91. The SMILES string of the molecule is CNc1cc(Oc2cccc(Cl)c2)nc(COC)n1. The van der Waals surface area contributed by atoms with Crippen molar-refractivity contribution in [3.8, 4) is 11.6 Å². The summed E-state index contributed by atoms with van der Waals surface area (Å²) < 4.78 is 10.7. The van der Waals surface area contributed by atoms with Gasteiger partial charge in [-0.2, -0.15) is 4.98 Å². The number of hydrogen-bond donors (Lipinski definition) is 1. The van der Waals surface area contributed by atoms with Gasteiger partial charge in [0, 0.05) is 25.2 Å². The van der Waals surface area contributed by atoms with E-state index in [2.05, 4.69) is 15.3 Å². The Bertz CT molecular complexity index is 563. The van der Waals surface area contributed by atoms with E-state index < -0.39 is 0 Å². The number of methoxy groups -OCH3 is 1. The molecule has 1 aromatic heterocycles. The number of nitrogens with one attached hydrogen (secondary N) is 1. The monoisotopic (exact) mass is 279 g/mol. The van der Waals surface area contributed by atoms with E-state index in [0.29, 0.717) is 34.9 Å². The van der Waals surface area contributed by atoms with E-state index in [9.17, 15) is 0 Å². The van der Waals surface area contributed by atoms with Crippen molar-refractivity contribution < 1.29 is 9.47 Å². The van der Waals surface area contributed by atoms with Crippen molar-refractivity contribution in [2.45, 2.75) is 6.61 Å². The zero-order valence-corrected chi connectivity index (χ0v) is 11.4. The summed E-state index contributed by atoms with van der Waals surface area (Å²) in [4.78, 5) is 8.50. The molecule has 0 bridgehead atoms. The van der Waals surface area contributed by atoms with Crippen LogP contribution in [-0.4, -0.2) is 24.1 Å². The second kappa shape index (κ2) is 6.36. The molecule has 0 amide bonds. The second-order valence-electron chi connectivity index (χ2n) is 3.75. The standard InChI is InChI=1S/C13H14ClN3O2/c1-15-11-7-13(17-12(16-11)8-18-2)19-10-5-3-4-9(14)6-10/h3-7H,8H2,1-2H3,(H,15,16,17). The molecule has 1 N–H and O–H groups in total. The molecule has 1 heterocycles. The highest BCUT2D eigenvalue weighted by Crippen LogP contribution is 2.24. The maximum Gasteiger partial charge on any atom is 0.224 e. The third-order valence-corrected chi connectivity index (χ3v) is 2.53. The average molecular weight is 280 g/mol. The number of benzene rings is 1. The Morgan fingerprint density at radius 3 is 2.79 bits per heavy atom. The summed E-state index contributed by atoms with van der Waals surface area (Å²) in [6.45, 7) is 0.321. The van der Waals surface area contributed by atoms with Crippen LogP contribution in [0.25, 0.3) is 0 Å². The maximum atomic E-state index is 5.91. The molecule has 6 heteroatoms. The van der Waals surface area contributed by atoms with Gasteiger partial charge < -0.3 is 14.8 Å². The van der Waals surface area contributed by atoms with Gasteiger partial charge in [0.1, 0.15) is 18.2 Å². The van der Waals surface area contributed by atoms with Gasteiger partial charge in [-0.15, -0.1) is 0 Å². The highest BCUT2D eigenvalue weighted by Gasteiger charge is 2.06. The van der Waals surface area contributed by atoms with E-state index in [1.165, 1.54) is 0 Å². The molecule has 0 radical (unpaired) electrons. The lowest BCUT2D eigenvalue weighted by Crippen LogP contribution is -2.02. The summed E-state index contributed by atoms with van der Waals surface area (Å²) in [5.74, 6) is 2.27. The van der Waals surface area contributed by atoms with E-state index in [-0.39, 0.29) is 0 Å². The van der Waals surface area contributed by atoms with E-state index in [1.807, 2.05) is 12.1 Å². The van der Waals surface area contributed by atoms with E-state index in [4.69, 9.17) is 21.1 Å². The molecular formula is C13H14ClN3O2. The predicted octanol–water partition coefficient (Wildman–Crippen LogP) is 3.11. The predicted molar refractivity (Wildman–Crippen MR) is 73.8 cm³/mol. The Hall–Kier alpha value is -1.85. The quantitative estimate of drug-likeness (QED) is 0.911. The van der Waals surface area contributed by atoms with Crippen LogP contribution in [0.15, 0.2) is 30.3 Å². The van der Waals surface area contributed by atoms with E-state index >= 15 is 0 Å². The third-order valence-electron chi connectivity index (χ3n) is 2.30. The molecule has 2 aromatic rings. The van der Waals surface area contributed by atoms with E-state index in [0.717, 1.165) is 0 Å². The number of rotatable bonds is 5. The largest absolute Gasteiger partial charge is 0.439 e. The molecule has 5 nitrogen and oxygen atoms in total. The second-order valence-corrected chi connectivity index (χ2v) is 4.19. The number of anilines is 1. The summed E-state index contributed by atoms with van der Waals surface area (Å²) in [7, 11) is 3.37.